The first kappa shape index (κ1) is 17.1. The molecule has 1 N–H and O–H groups in total. The van der Waals surface area contributed by atoms with E-state index in [1.54, 1.807) is 24.9 Å². The van der Waals surface area contributed by atoms with Gasteiger partial charge in [0, 0.05) is 6.54 Å². The van der Waals surface area contributed by atoms with E-state index < -0.39 is 5.54 Å². The number of carbonyl (C=O) groups is 1. The van der Waals surface area contributed by atoms with Crippen LogP contribution < -0.4 is 5.32 Å². The lowest BCUT2D eigenvalue weighted by Gasteiger charge is -2.28. The highest BCUT2D eigenvalue weighted by atomic mass is 19.1. The van der Waals surface area contributed by atoms with Crippen molar-refractivity contribution in [2.24, 2.45) is 5.92 Å². The molecule has 0 radical (unpaired) electrons. The van der Waals surface area contributed by atoms with Gasteiger partial charge in [0.05, 0.1) is 12.6 Å². The number of nitrogens with one attached hydrogen (secondary N) is 1. The number of amides is 1. The summed E-state index contributed by atoms with van der Waals surface area (Å²) >= 11 is 0. The Bertz CT molecular complexity index is 539. The van der Waals surface area contributed by atoms with Crippen LogP contribution in [0, 0.1) is 23.1 Å². The van der Waals surface area contributed by atoms with Gasteiger partial charge < -0.3 is 5.32 Å². The lowest BCUT2D eigenvalue weighted by molar-refractivity contribution is -0.123. The summed E-state index contributed by atoms with van der Waals surface area (Å²) in [7, 11) is 1.78. The Morgan fingerprint density at radius 2 is 2.19 bits per heavy atom. The Labute approximate surface area is 125 Å². The number of benzene rings is 1. The molecular formula is C16H22FN3O. The minimum atomic E-state index is -0.878. The molecule has 21 heavy (non-hydrogen) atoms. The number of hydrogen-bond donors (Lipinski definition) is 1. The third kappa shape index (κ3) is 5.16. The van der Waals surface area contributed by atoms with Gasteiger partial charge in [-0.15, -0.1) is 0 Å². The highest BCUT2D eigenvalue weighted by Crippen LogP contribution is 2.15. The van der Waals surface area contributed by atoms with Crippen LogP contribution in [0.25, 0.3) is 0 Å². The predicted octanol–water partition coefficient (Wildman–Crippen LogP) is 2.31. The van der Waals surface area contributed by atoms with Gasteiger partial charge in [0.1, 0.15) is 11.4 Å². The van der Waals surface area contributed by atoms with E-state index in [0.717, 1.165) is 5.56 Å². The molecule has 114 valence electrons. The molecule has 0 saturated carbocycles. The van der Waals surface area contributed by atoms with Crippen molar-refractivity contribution in [2.75, 3.05) is 13.6 Å². The van der Waals surface area contributed by atoms with E-state index in [4.69, 9.17) is 0 Å². The summed E-state index contributed by atoms with van der Waals surface area (Å²) in [5, 5.41) is 11.9. The Morgan fingerprint density at radius 3 is 2.71 bits per heavy atom. The molecule has 0 spiro atoms. The topological polar surface area (TPSA) is 56.1 Å². The first-order valence-corrected chi connectivity index (χ1v) is 6.92. The van der Waals surface area contributed by atoms with Crippen LogP contribution in [0.3, 0.4) is 0 Å². The average Bonchev–Trinajstić information content (AvgIpc) is 2.37. The quantitative estimate of drug-likeness (QED) is 0.875. The first-order chi connectivity index (χ1) is 9.76. The molecule has 0 aliphatic rings. The van der Waals surface area contributed by atoms with Crippen molar-refractivity contribution in [3.8, 4) is 6.07 Å². The summed E-state index contributed by atoms with van der Waals surface area (Å²) in [6.45, 7) is 6.11. The zero-order valence-electron chi connectivity index (χ0n) is 13.0. The summed E-state index contributed by atoms with van der Waals surface area (Å²) in [5.41, 5.74) is -0.0752. The largest absolute Gasteiger partial charge is 0.337 e. The van der Waals surface area contributed by atoms with Crippen LogP contribution in [0.2, 0.25) is 0 Å². The fraction of sp³-hybridized carbons (Fsp3) is 0.500. The lowest BCUT2D eigenvalue weighted by atomic mass is 9.90. The van der Waals surface area contributed by atoms with Gasteiger partial charge in [0.2, 0.25) is 5.91 Å². The fourth-order valence-electron chi connectivity index (χ4n) is 1.88. The van der Waals surface area contributed by atoms with Crippen LogP contribution in [0.5, 0.6) is 0 Å². The summed E-state index contributed by atoms with van der Waals surface area (Å²) in [4.78, 5) is 13.8. The maximum atomic E-state index is 13.1. The molecule has 1 aromatic rings. The first-order valence-electron chi connectivity index (χ1n) is 6.92. The molecule has 0 aliphatic carbocycles. The van der Waals surface area contributed by atoms with Crippen molar-refractivity contribution >= 4 is 5.91 Å². The Balaban J connectivity index is 2.57. The van der Waals surface area contributed by atoms with E-state index in [1.807, 2.05) is 19.9 Å². The Hall–Kier alpha value is -1.93. The molecule has 1 amide bonds. The average molecular weight is 291 g/mol. The maximum absolute atomic E-state index is 13.1. The normalized spacial score (nSPS) is 13.8. The van der Waals surface area contributed by atoms with Crippen LogP contribution in [0.1, 0.15) is 26.3 Å². The van der Waals surface area contributed by atoms with Crippen molar-refractivity contribution in [3.05, 3.63) is 35.6 Å². The van der Waals surface area contributed by atoms with E-state index in [0.29, 0.717) is 6.54 Å². The zero-order chi connectivity index (χ0) is 16.0. The van der Waals surface area contributed by atoms with Crippen LogP contribution in [0.4, 0.5) is 4.39 Å². The molecule has 0 saturated heterocycles. The molecule has 4 nitrogen and oxygen atoms in total. The monoisotopic (exact) mass is 291 g/mol. The lowest BCUT2D eigenvalue weighted by Crippen LogP contribution is -2.51. The zero-order valence-corrected chi connectivity index (χ0v) is 13.0. The van der Waals surface area contributed by atoms with Gasteiger partial charge in [-0.1, -0.05) is 26.0 Å². The van der Waals surface area contributed by atoms with Gasteiger partial charge in [-0.3, -0.25) is 9.69 Å². The van der Waals surface area contributed by atoms with Crippen LogP contribution in [-0.4, -0.2) is 29.9 Å². The van der Waals surface area contributed by atoms with E-state index in [1.165, 1.54) is 12.1 Å². The number of rotatable bonds is 6. The SMILES string of the molecule is CC(C)[C@@](C)(C#N)NC(=O)CN(C)Cc1cccc(F)c1. The molecule has 1 aromatic carbocycles. The fourth-order valence-corrected chi connectivity index (χ4v) is 1.88. The maximum Gasteiger partial charge on any atom is 0.235 e. The third-order valence-electron chi connectivity index (χ3n) is 3.54. The minimum Gasteiger partial charge on any atom is -0.337 e. The summed E-state index contributed by atoms with van der Waals surface area (Å²) in [6.07, 6.45) is 0. The molecule has 0 aliphatic heterocycles. The smallest absolute Gasteiger partial charge is 0.235 e. The number of nitriles is 1. The molecule has 0 heterocycles. The molecule has 5 heteroatoms. The Kier molecular flexibility index (Phi) is 5.86. The van der Waals surface area contributed by atoms with Crippen molar-refractivity contribution in [1.82, 2.24) is 10.2 Å². The van der Waals surface area contributed by atoms with Crippen LogP contribution in [-0.2, 0) is 11.3 Å². The van der Waals surface area contributed by atoms with E-state index in [2.05, 4.69) is 11.4 Å². The van der Waals surface area contributed by atoms with E-state index in [-0.39, 0.29) is 24.2 Å². The molecule has 1 rings (SSSR count). The molecule has 1 atom stereocenters. The van der Waals surface area contributed by atoms with Gasteiger partial charge in [0.15, 0.2) is 0 Å². The summed E-state index contributed by atoms with van der Waals surface area (Å²) in [6, 6.07) is 8.43. The number of carbonyl (C=O) groups excluding carboxylic acids is 1. The van der Waals surface area contributed by atoms with Gasteiger partial charge in [-0.25, -0.2) is 4.39 Å². The molecule has 0 unspecified atom stereocenters. The van der Waals surface area contributed by atoms with Crippen molar-refractivity contribution in [2.45, 2.75) is 32.9 Å². The second kappa shape index (κ2) is 7.19. The van der Waals surface area contributed by atoms with E-state index in [9.17, 15) is 14.4 Å². The van der Waals surface area contributed by atoms with Crippen molar-refractivity contribution in [3.63, 3.8) is 0 Å². The Morgan fingerprint density at radius 1 is 1.52 bits per heavy atom. The minimum absolute atomic E-state index is 0.0139. The van der Waals surface area contributed by atoms with Gasteiger partial charge in [0.25, 0.3) is 0 Å². The van der Waals surface area contributed by atoms with Gasteiger partial charge in [-0.05, 0) is 37.6 Å². The molecular weight excluding hydrogens is 269 g/mol. The molecule has 0 fully saturated rings. The number of hydrogen-bond acceptors (Lipinski definition) is 3. The summed E-state index contributed by atoms with van der Waals surface area (Å²) in [5.74, 6) is -0.492. The van der Waals surface area contributed by atoms with E-state index >= 15 is 0 Å². The highest BCUT2D eigenvalue weighted by Gasteiger charge is 2.30. The van der Waals surface area contributed by atoms with Crippen molar-refractivity contribution < 1.29 is 9.18 Å². The third-order valence-corrected chi connectivity index (χ3v) is 3.54. The van der Waals surface area contributed by atoms with Gasteiger partial charge in [-0.2, -0.15) is 5.26 Å². The number of halogens is 1. The molecule has 0 bridgehead atoms. The number of nitrogens with zero attached hydrogens (tertiary/aromatic N) is 2. The predicted molar refractivity (Wildman–Crippen MR) is 79.7 cm³/mol. The summed E-state index contributed by atoms with van der Waals surface area (Å²) < 4.78 is 13.1. The molecule has 0 aromatic heterocycles. The van der Waals surface area contributed by atoms with Crippen LogP contribution in [0.15, 0.2) is 24.3 Å². The highest BCUT2D eigenvalue weighted by molar-refractivity contribution is 5.79. The van der Waals surface area contributed by atoms with Crippen LogP contribution >= 0.6 is 0 Å². The number of likely N-dealkylation sites (N-methyl/N-ethyl adjacent to an activating group) is 1. The van der Waals surface area contributed by atoms with Crippen molar-refractivity contribution in [1.29, 1.82) is 5.26 Å². The second-order valence-corrected chi connectivity index (χ2v) is 5.82. The second-order valence-electron chi connectivity index (χ2n) is 5.82. The van der Waals surface area contributed by atoms with Gasteiger partial charge >= 0.3 is 0 Å². The standard InChI is InChI=1S/C16H22FN3O/c1-12(2)16(3,11-18)19-15(21)10-20(4)9-13-6-5-7-14(17)8-13/h5-8,12H,9-10H2,1-4H3,(H,19,21)/t16-/m1/s1.